The summed E-state index contributed by atoms with van der Waals surface area (Å²) in [5.41, 5.74) is -0.388. The maximum atomic E-state index is 11.2. The lowest BCUT2D eigenvalue weighted by Crippen LogP contribution is -2.25. The van der Waals surface area contributed by atoms with Gasteiger partial charge in [-0.1, -0.05) is 13.3 Å². The molecule has 0 aliphatic heterocycles. The normalized spacial score (nSPS) is 15.9. The van der Waals surface area contributed by atoms with Crippen LogP contribution in [0.1, 0.15) is 31.9 Å². The maximum absolute atomic E-state index is 11.2. The van der Waals surface area contributed by atoms with Crippen LogP contribution in [0.4, 0.5) is 11.5 Å². The number of rotatable bonds is 7. The average Bonchev–Trinajstić information content (AvgIpc) is 3.08. The molecule has 0 unspecified atom stereocenters. The van der Waals surface area contributed by atoms with Crippen LogP contribution in [-0.2, 0) is 18.3 Å². The van der Waals surface area contributed by atoms with Gasteiger partial charge >= 0.3 is 11.7 Å². The smallest absolute Gasteiger partial charge is 0.333 e. The molecular weight excluding hydrogens is 264 g/mol. The average molecular weight is 282 g/mol. The molecule has 0 bridgehead atoms. The summed E-state index contributed by atoms with van der Waals surface area (Å²) in [5.74, 6) is -0.574. The number of anilines is 1. The van der Waals surface area contributed by atoms with E-state index in [1.54, 1.807) is 7.05 Å². The Bertz CT molecular complexity index is 548. The van der Waals surface area contributed by atoms with Crippen molar-refractivity contribution in [2.45, 2.75) is 32.6 Å². The van der Waals surface area contributed by atoms with E-state index < -0.39 is 16.3 Å². The SMILES string of the molecule is CCCc1nn(C)c(NCC2(C(=O)O)CC2)c1[N+](=O)[O-]. The molecule has 110 valence electrons. The Balaban J connectivity index is 2.22. The monoisotopic (exact) mass is 282 g/mol. The topological polar surface area (TPSA) is 110 Å². The first-order valence-corrected chi connectivity index (χ1v) is 6.59. The molecule has 1 aliphatic rings. The van der Waals surface area contributed by atoms with Gasteiger partial charge in [0.1, 0.15) is 5.69 Å². The fourth-order valence-electron chi connectivity index (χ4n) is 2.23. The largest absolute Gasteiger partial charge is 0.481 e. The third-order valence-corrected chi connectivity index (χ3v) is 3.66. The number of nitrogens with zero attached hydrogens (tertiary/aromatic N) is 3. The van der Waals surface area contributed by atoms with Crippen LogP contribution < -0.4 is 5.32 Å². The Morgan fingerprint density at radius 1 is 1.60 bits per heavy atom. The summed E-state index contributed by atoms with van der Waals surface area (Å²) in [6, 6.07) is 0. The van der Waals surface area contributed by atoms with Gasteiger partial charge in [0.2, 0.25) is 5.82 Å². The minimum Gasteiger partial charge on any atom is -0.481 e. The van der Waals surface area contributed by atoms with Crippen LogP contribution in [0.25, 0.3) is 0 Å². The molecule has 1 aromatic heterocycles. The van der Waals surface area contributed by atoms with Crippen molar-refractivity contribution in [2.24, 2.45) is 12.5 Å². The lowest BCUT2D eigenvalue weighted by molar-refractivity contribution is -0.384. The van der Waals surface area contributed by atoms with E-state index in [0.29, 0.717) is 25.0 Å². The van der Waals surface area contributed by atoms with Crippen LogP contribution in [0, 0.1) is 15.5 Å². The Kier molecular flexibility index (Phi) is 3.65. The third kappa shape index (κ3) is 2.45. The fraction of sp³-hybridized carbons (Fsp3) is 0.667. The van der Waals surface area contributed by atoms with Crippen molar-refractivity contribution in [3.63, 3.8) is 0 Å². The van der Waals surface area contributed by atoms with Gasteiger partial charge in [-0.3, -0.25) is 14.9 Å². The third-order valence-electron chi connectivity index (χ3n) is 3.66. The molecule has 1 saturated carbocycles. The number of nitrogens with one attached hydrogen (secondary N) is 1. The number of aromatic nitrogens is 2. The number of aryl methyl sites for hydroxylation is 2. The van der Waals surface area contributed by atoms with Gasteiger partial charge in [-0.2, -0.15) is 5.10 Å². The zero-order valence-electron chi connectivity index (χ0n) is 11.5. The van der Waals surface area contributed by atoms with E-state index >= 15 is 0 Å². The first-order valence-electron chi connectivity index (χ1n) is 6.59. The van der Waals surface area contributed by atoms with Crippen LogP contribution in [-0.4, -0.2) is 32.3 Å². The molecule has 0 radical (unpaired) electrons. The number of hydrogen-bond donors (Lipinski definition) is 2. The van der Waals surface area contributed by atoms with E-state index in [-0.39, 0.29) is 18.1 Å². The molecule has 2 N–H and O–H groups in total. The molecule has 8 heteroatoms. The van der Waals surface area contributed by atoms with Crippen molar-refractivity contribution in [1.82, 2.24) is 9.78 Å². The summed E-state index contributed by atoms with van der Waals surface area (Å²) < 4.78 is 1.42. The summed E-state index contributed by atoms with van der Waals surface area (Å²) in [5, 5.41) is 27.4. The molecule has 1 heterocycles. The van der Waals surface area contributed by atoms with Crippen molar-refractivity contribution in [1.29, 1.82) is 0 Å². The van der Waals surface area contributed by atoms with Crippen molar-refractivity contribution in [3.05, 3.63) is 15.8 Å². The first-order chi connectivity index (χ1) is 9.41. The minimum atomic E-state index is -0.858. The summed E-state index contributed by atoms with van der Waals surface area (Å²) >= 11 is 0. The van der Waals surface area contributed by atoms with Crippen molar-refractivity contribution < 1.29 is 14.8 Å². The molecular formula is C12H18N4O4. The quantitative estimate of drug-likeness (QED) is 0.580. The molecule has 2 rings (SSSR count). The van der Waals surface area contributed by atoms with E-state index in [1.807, 2.05) is 6.92 Å². The van der Waals surface area contributed by atoms with Gasteiger partial charge in [-0.05, 0) is 19.3 Å². The van der Waals surface area contributed by atoms with Gasteiger partial charge < -0.3 is 10.4 Å². The van der Waals surface area contributed by atoms with E-state index in [1.165, 1.54) is 4.68 Å². The predicted octanol–water partition coefficient (Wildman–Crippen LogP) is 1.56. The van der Waals surface area contributed by atoms with Gasteiger partial charge in [0.05, 0.1) is 10.3 Å². The van der Waals surface area contributed by atoms with Crippen LogP contribution in [0.15, 0.2) is 0 Å². The molecule has 1 aliphatic carbocycles. The highest BCUT2D eigenvalue weighted by atomic mass is 16.6. The standard InChI is InChI=1S/C12H18N4O4/c1-3-4-8-9(16(19)20)10(15(2)14-8)13-7-12(5-6-12)11(17)18/h13H,3-7H2,1-2H3,(H,17,18). The molecule has 0 aromatic carbocycles. The summed E-state index contributed by atoms with van der Waals surface area (Å²) in [6.45, 7) is 2.11. The summed E-state index contributed by atoms with van der Waals surface area (Å²) in [4.78, 5) is 21.9. The highest BCUT2D eigenvalue weighted by molar-refractivity contribution is 5.78. The van der Waals surface area contributed by atoms with E-state index in [2.05, 4.69) is 10.4 Å². The lowest BCUT2D eigenvalue weighted by Gasteiger charge is -2.11. The zero-order chi connectivity index (χ0) is 14.9. The predicted molar refractivity (Wildman–Crippen MR) is 71.6 cm³/mol. The Hall–Kier alpha value is -2.12. The second kappa shape index (κ2) is 5.10. The van der Waals surface area contributed by atoms with Crippen molar-refractivity contribution >= 4 is 17.5 Å². The van der Waals surface area contributed by atoms with Gasteiger partial charge in [0, 0.05) is 13.6 Å². The minimum absolute atomic E-state index is 0.0458. The first kappa shape index (κ1) is 14.3. The number of carboxylic acid groups (broad SMARTS) is 1. The molecule has 1 aromatic rings. The van der Waals surface area contributed by atoms with Crippen LogP contribution in [0.5, 0.6) is 0 Å². The molecule has 8 nitrogen and oxygen atoms in total. The Morgan fingerprint density at radius 2 is 2.25 bits per heavy atom. The Labute approximate surface area is 115 Å². The van der Waals surface area contributed by atoms with Crippen molar-refractivity contribution in [2.75, 3.05) is 11.9 Å². The zero-order valence-corrected chi connectivity index (χ0v) is 11.5. The molecule has 20 heavy (non-hydrogen) atoms. The molecule has 0 amide bonds. The highest BCUT2D eigenvalue weighted by Crippen LogP contribution is 2.46. The van der Waals surface area contributed by atoms with Crippen LogP contribution >= 0.6 is 0 Å². The van der Waals surface area contributed by atoms with Gasteiger partial charge in [-0.15, -0.1) is 0 Å². The molecule has 1 fully saturated rings. The fourth-order valence-corrected chi connectivity index (χ4v) is 2.23. The van der Waals surface area contributed by atoms with E-state index in [9.17, 15) is 14.9 Å². The summed E-state index contributed by atoms with van der Waals surface area (Å²) in [6.07, 6.45) is 2.48. The maximum Gasteiger partial charge on any atom is 0.333 e. The number of nitro groups is 1. The number of aliphatic carboxylic acids is 1. The molecule has 0 atom stereocenters. The Morgan fingerprint density at radius 3 is 2.70 bits per heavy atom. The van der Waals surface area contributed by atoms with Crippen molar-refractivity contribution in [3.8, 4) is 0 Å². The second-order valence-electron chi connectivity index (χ2n) is 5.21. The van der Waals surface area contributed by atoms with Crippen LogP contribution in [0.3, 0.4) is 0 Å². The highest BCUT2D eigenvalue weighted by Gasteiger charge is 2.50. The van der Waals surface area contributed by atoms with Gasteiger partial charge in [-0.25, -0.2) is 4.68 Å². The molecule has 0 spiro atoms. The summed E-state index contributed by atoms with van der Waals surface area (Å²) in [7, 11) is 1.62. The van der Waals surface area contributed by atoms with Gasteiger partial charge in [0.25, 0.3) is 0 Å². The lowest BCUT2D eigenvalue weighted by atomic mass is 10.1. The van der Waals surface area contributed by atoms with E-state index in [0.717, 1.165) is 6.42 Å². The van der Waals surface area contributed by atoms with Crippen LogP contribution in [0.2, 0.25) is 0 Å². The van der Waals surface area contributed by atoms with Gasteiger partial charge in [0.15, 0.2) is 0 Å². The number of carbonyl (C=O) groups is 1. The molecule has 0 saturated heterocycles. The number of hydrogen-bond acceptors (Lipinski definition) is 5. The second-order valence-corrected chi connectivity index (χ2v) is 5.21. The van der Waals surface area contributed by atoms with E-state index in [4.69, 9.17) is 5.11 Å². The number of carboxylic acids is 1.